The van der Waals surface area contributed by atoms with Crippen molar-refractivity contribution in [2.45, 2.75) is 72.3 Å². The minimum atomic E-state index is -1.000. The Bertz CT molecular complexity index is 759. The number of hydrogen-bond acceptors (Lipinski definition) is 5. The third kappa shape index (κ3) is 2.65. The predicted octanol–water partition coefficient (Wildman–Crippen LogP) is 4.87. The Kier molecular flexibility index (Phi) is 4.56. The van der Waals surface area contributed by atoms with Crippen LogP contribution >= 0.6 is 0 Å². The lowest BCUT2D eigenvalue weighted by Crippen LogP contribution is -2.76. The molecule has 2 atom stereocenters. The Morgan fingerprint density at radius 1 is 1.04 bits per heavy atom. The van der Waals surface area contributed by atoms with E-state index in [0.29, 0.717) is 6.54 Å². The van der Waals surface area contributed by atoms with Crippen LogP contribution in [-0.2, 0) is 20.1 Å². The number of fused-ring (bicyclic) bond motifs is 1. The smallest absolute Gasteiger partial charge is 0.412 e. The van der Waals surface area contributed by atoms with Crippen molar-refractivity contribution in [3.63, 3.8) is 0 Å². The topological polar surface area (TPSA) is 57.2 Å². The number of rotatable bonds is 2. The summed E-state index contributed by atoms with van der Waals surface area (Å²) in [4.78, 5) is 26.8. The van der Waals surface area contributed by atoms with Crippen LogP contribution in [0.25, 0.3) is 0 Å². The number of carbonyl (C=O) groups is 1. The van der Waals surface area contributed by atoms with Gasteiger partial charge < -0.3 is 9.47 Å². The molecule has 2 aliphatic rings. The number of benzene rings is 1. The molecule has 1 amide bonds. The van der Waals surface area contributed by atoms with E-state index in [-0.39, 0.29) is 0 Å². The Labute approximate surface area is 168 Å². The lowest BCUT2D eigenvalue weighted by atomic mass is 9.61. The molecule has 0 spiro atoms. The number of hydrogen-bond donors (Lipinski definition) is 0. The third-order valence-electron chi connectivity index (χ3n) is 5.78. The van der Waals surface area contributed by atoms with E-state index in [1.54, 1.807) is 12.0 Å². The fraction of sp³-hybridized carbons (Fsp3) is 0.682. The summed E-state index contributed by atoms with van der Waals surface area (Å²) in [6, 6.07) is 7.79. The fourth-order valence-corrected chi connectivity index (χ4v) is 4.66. The summed E-state index contributed by atoms with van der Waals surface area (Å²) in [5, 5.41) is 0. The Hall–Kier alpha value is -1.79. The van der Waals surface area contributed by atoms with Crippen molar-refractivity contribution in [1.82, 2.24) is 4.90 Å². The van der Waals surface area contributed by atoms with Gasteiger partial charge in [-0.3, -0.25) is 4.90 Å². The lowest BCUT2D eigenvalue weighted by molar-refractivity contribution is -0.604. The molecule has 2 saturated heterocycles. The highest BCUT2D eigenvalue weighted by Gasteiger charge is 2.83. The van der Waals surface area contributed by atoms with Crippen LogP contribution in [0.4, 0.5) is 4.79 Å². The van der Waals surface area contributed by atoms with Crippen LogP contribution in [0.15, 0.2) is 24.3 Å². The maximum Gasteiger partial charge on any atom is 0.412 e. The standard InChI is InChI=1S/C22H33NO5/c1-18(2,3)22-21(27-28-22,15-10-12-16(25-9)13-11-15)20(7,8)14-23(22)17(24)26-19(4,5)6/h10-13H,14H2,1-9H3. The van der Waals surface area contributed by atoms with Gasteiger partial charge in [0.25, 0.3) is 0 Å². The molecule has 0 saturated carbocycles. The van der Waals surface area contributed by atoms with Gasteiger partial charge in [0.05, 0.1) is 7.11 Å². The van der Waals surface area contributed by atoms with Crippen LogP contribution in [0, 0.1) is 10.8 Å². The SMILES string of the molecule is COc1ccc(C23OOC2(C(C)(C)C)N(C(=O)OC(C)(C)C)CC3(C)C)cc1. The molecular weight excluding hydrogens is 358 g/mol. The first-order valence-corrected chi connectivity index (χ1v) is 9.74. The van der Waals surface area contributed by atoms with Crippen LogP contribution in [0.2, 0.25) is 0 Å². The number of amides is 1. The fourth-order valence-electron chi connectivity index (χ4n) is 4.66. The summed E-state index contributed by atoms with van der Waals surface area (Å²) in [6.07, 6.45) is -0.394. The molecule has 6 nitrogen and oxygen atoms in total. The van der Waals surface area contributed by atoms with E-state index in [1.165, 1.54) is 0 Å². The molecule has 28 heavy (non-hydrogen) atoms. The third-order valence-corrected chi connectivity index (χ3v) is 5.78. The number of likely N-dealkylation sites (tertiary alicyclic amines) is 1. The van der Waals surface area contributed by atoms with Gasteiger partial charge in [-0.2, -0.15) is 0 Å². The molecule has 2 unspecified atom stereocenters. The quantitative estimate of drug-likeness (QED) is 0.673. The minimum absolute atomic E-state index is 0.394. The average Bonchev–Trinajstić information content (AvgIpc) is 2.65. The molecule has 0 N–H and O–H groups in total. The second-order valence-electron chi connectivity index (χ2n) is 10.4. The molecular formula is C22H33NO5. The predicted molar refractivity (Wildman–Crippen MR) is 106 cm³/mol. The van der Waals surface area contributed by atoms with Crippen LogP contribution in [0.1, 0.15) is 61.0 Å². The molecule has 1 aromatic rings. The maximum atomic E-state index is 13.2. The van der Waals surface area contributed by atoms with Crippen LogP contribution in [0.3, 0.4) is 0 Å². The highest BCUT2D eigenvalue weighted by Crippen LogP contribution is 2.70. The van der Waals surface area contributed by atoms with Gasteiger partial charge in [0.2, 0.25) is 5.72 Å². The van der Waals surface area contributed by atoms with Gasteiger partial charge in [-0.25, -0.2) is 14.6 Å². The highest BCUT2D eigenvalue weighted by atomic mass is 17.3. The highest BCUT2D eigenvalue weighted by molar-refractivity contribution is 5.71. The monoisotopic (exact) mass is 391 g/mol. The van der Waals surface area contributed by atoms with E-state index in [1.807, 2.05) is 45.0 Å². The van der Waals surface area contributed by atoms with Gasteiger partial charge in [-0.05, 0) is 38.5 Å². The molecule has 2 fully saturated rings. The number of ether oxygens (including phenoxy) is 2. The van der Waals surface area contributed by atoms with E-state index < -0.39 is 33.9 Å². The van der Waals surface area contributed by atoms with Crippen LogP contribution in [0.5, 0.6) is 5.75 Å². The lowest BCUT2D eigenvalue weighted by Gasteiger charge is -2.62. The zero-order valence-electron chi connectivity index (χ0n) is 18.5. The summed E-state index contributed by atoms with van der Waals surface area (Å²) < 4.78 is 11.0. The summed E-state index contributed by atoms with van der Waals surface area (Å²) in [7, 11) is 1.64. The molecule has 0 aromatic heterocycles. The molecule has 0 radical (unpaired) electrons. The minimum Gasteiger partial charge on any atom is -0.497 e. The van der Waals surface area contributed by atoms with Gasteiger partial charge >= 0.3 is 6.09 Å². The maximum absolute atomic E-state index is 13.2. The van der Waals surface area contributed by atoms with Crippen molar-refractivity contribution in [2.24, 2.45) is 10.8 Å². The zero-order valence-corrected chi connectivity index (χ0v) is 18.5. The molecule has 2 heterocycles. The van der Waals surface area contributed by atoms with E-state index in [2.05, 4.69) is 34.6 Å². The summed E-state index contributed by atoms with van der Waals surface area (Å²) >= 11 is 0. The second-order valence-corrected chi connectivity index (χ2v) is 10.4. The number of carbonyl (C=O) groups excluding carboxylic acids is 1. The Morgan fingerprint density at radius 3 is 2.00 bits per heavy atom. The zero-order chi connectivity index (χ0) is 21.2. The van der Waals surface area contributed by atoms with E-state index in [0.717, 1.165) is 11.3 Å². The van der Waals surface area contributed by atoms with Crippen LogP contribution < -0.4 is 4.74 Å². The summed E-state index contributed by atoms with van der Waals surface area (Å²) in [5.74, 6) is 0.765. The van der Waals surface area contributed by atoms with Crippen molar-refractivity contribution >= 4 is 6.09 Å². The summed E-state index contributed by atoms with van der Waals surface area (Å²) in [6.45, 7) is 16.4. The molecule has 2 aliphatic heterocycles. The van der Waals surface area contributed by atoms with Gasteiger partial charge in [0, 0.05) is 17.4 Å². The van der Waals surface area contributed by atoms with Crippen molar-refractivity contribution in [3.05, 3.63) is 29.8 Å². The van der Waals surface area contributed by atoms with Gasteiger partial charge in [0.15, 0.2) is 5.60 Å². The molecule has 0 bridgehead atoms. The van der Waals surface area contributed by atoms with Gasteiger partial charge in [-0.15, -0.1) is 0 Å². The van der Waals surface area contributed by atoms with Crippen molar-refractivity contribution in [3.8, 4) is 5.75 Å². The second kappa shape index (κ2) is 6.10. The van der Waals surface area contributed by atoms with E-state index >= 15 is 0 Å². The molecule has 156 valence electrons. The molecule has 3 rings (SSSR count). The molecule has 0 aliphatic carbocycles. The first-order chi connectivity index (χ1) is 12.7. The normalized spacial score (nSPS) is 29.1. The first kappa shape index (κ1) is 20.9. The Morgan fingerprint density at radius 2 is 1.61 bits per heavy atom. The van der Waals surface area contributed by atoms with Crippen molar-refractivity contribution in [2.75, 3.05) is 13.7 Å². The first-order valence-electron chi connectivity index (χ1n) is 9.74. The molecule has 1 aromatic carbocycles. The van der Waals surface area contributed by atoms with Crippen molar-refractivity contribution < 1.29 is 24.0 Å². The van der Waals surface area contributed by atoms with Gasteiger partial charge in [-0.1, -0.05) is 46.8 Å². The van der Waals surface area contributed by atoms with Crippen molar-refractivity contribution in [1.29, 1.82) is 0 Å². The number of nitrogens with zero attached hydrogens (tertiary/aromatic N) is 1. The summed E-state index contributed by atoms with van der Waals surface area (Å²) in [5.41, 5.74) is -2.33. The Balaban J connectivity index is 2.16. The average molecular weight is 392 g/mol. The number of methoxy groups -OCH3 is 1. The van der Waals surface area contributed by atoms with Crippen LogP contribution in [-0.4, -0.2) is 36.0 Å². The van der Waals surface area contributed by atoms with E-state index in [4.69, 9.17) is 19.2 Å². The van der Waals surface area contributed by atoms with E-state index in [9.17, 15) is 4.79 Å². The molecule has 6 heteroatoms. The largest absolute Gasteiger partial charge is 0.497 e. The van der Waals surface area contributed by atoms with Gasteiger partial charge in [0.1, 0.15) is 11.4 Å².